The van der Waals surface area contributed by atoms with E-state index in [1.54, 1.807) is 48.5 Å². The van der Waals surface area contributed by atoms with Crippen LogP contribution in [0.15, 0.2) is 54.6 Å². The van der Waals surface area contributed by atoms with Crippen LogP contribution in [0.25, 0.3) is 17.1 Å². The molecule has 2 heterocycles. The number of para-hydroxylation sites is 1. The summed E-state index contributed by atoms with van der Waals surface area (Å²) in [5, 5.41) is 23.1. The minimum absolute atomic E-state index is 0.0669. The first-order valence-corrected chi connectivity index (χ1v) is 9.04. The van der Waals surface area contributed by atoms with E-state index in [2.05, 4.69) is 30.9 Å². The van der Waals surface area contributed by atoms with Gasteiger partial charge in [-0.25, -0.2) is 0 Å². The lowest BCUT2D eigenvalue weighted by Crippen LogP contribution is -2.23. The average Bonchev–Trinajstić information content (AvgIpc) is 3.36. The summed E-state index contributed by atoms with van der Waals surface area (Å²) in [6.07, 6.45) is 0. The van der Waals surface area contributed by atoms with E-state index < -0.39 is 11.8 Å². The number of rotatable bonds is 6. The van der Waals surface area contributed by atoms with Gasteiger partial charge in [-0.15, -0.1) is 25.2 Å². The number of hydrogen-bond acceptors (Lipinski definition) is 7. The number of halogens is 1. The zero-order chi connectivity index (χ0) is 21.1. The molecule has 150 valence electrons. The van der Waals surface area contributed by atoms with E-state index in [1.807, 2.05) is 6.07 Å². The van der Waals surface area contributed by atoms with Gasteiger partial charge < -0.3 is 11.1 Å². The monoisotopic (exact) mass is 423 g/mol. The fourth-order valence-corrected chi connectivity index (χ4v) is 2.81. The molecule has 0 atom stereocenters. The Morgan fingerprint density at radius 2 is 1.73 bits per heavy atom. The maximum atomic E-state index is 12.4. The van der Waals surface area contributed by atoms with E-state index in [0.29, 0.717) is 16.3 Å². The van der Waals surface area contributed by atoms with Gasteiger partial charge in [-0.05, 0) is 29.5 Å². The molecule has 0 unspecified atom stereocenters. The van der Waals surface area contributed by atoms with Gasteiger partial charge in [0.15, 0.2) is 11.5 Å². The summed E-state index contributed by atoms with van der Waals surface area (Å²) in [7, 11) is 0. The summed E-state index contributed by atoms with van der Waals surface area (Å²) in [6.45, 7) is -0.270. The first-order chi connectivity index (χ1) is 14.5. The molecule has 12 heteroatoms. The SMILES string of the molecule is NC(=O)c1nn(-c2ccccc2)nc1NC(=O)Cn1nnc(-c2ccccc2Cl)n1. The molecule has 0 saturated carbocycles. The topological polar surface area (TPSA) is 146 Å². The van der Waals surface area contributed by atoms with Crippen LogP contribution in [0, 0.1) is 0 Å². The number of primary amides is 1. The molecule has 0 bridgehead atoms. The van der Waals surface area contributed by atoms with Gasteiger partial charge in [0.1, 0.15) is 6.54 Å². The van der Waals surface area contributed by atoms with Crippen molar-refractivity contribution in [2.24, 2.45) is 5.73 Å². The number of aromatic nitrogens is 7. The third-order valence-electron chi connectivity index (χ3n) is 3.94. The molecule has 3 N–H and O–H groups in total. The first kappa shape index (κ1) is 19.2. The zero-order valence-electron chi connectivity index (χ0n) is 15.3. The number of nitrogens with zero attached hydrogens (tertiary/aromatic N) is 7. The number of benzene rings is 2. The number of nitrogens with two attached hydrogens (primary N) is 1. The van der Waals surface area contributed by atoms with E-state index >= 15 is 0 Å². The number of amides is 2. The second-order valence-corrected chi connectivity index (χ2v) is 6.47. The Labute approximate surface area is 174 Å². The second kappa shape index (κ2) is 8.09. The van der Waals surface area contributed by atoms with Gasteiger partial charge >= 0.3 is 0 Å². The largest absolute Gasteiger partial charge is 0.364 e. The standard InChI is InChI=1S/C18H14ClN9O2/c19-13-9-5-4-8-12(13)17-22-26-27(24-17)10-14(29)21-18-15(16(20)30)23-28(25-18)11-6-2-1-3-7-11/h1-9H,10H2,(H2,20,30)(H,21,25,29). The van der Waals surface area contributed by atoms with Crippen LogP contribution >= 0.6 is 11.6 Å². The van der Waals surface area contributed by atoms with Crippen LogP contribution in [-0.4, -0.2) is 47.0 Å². The van der Waals surface area contributed by atoms with Crippen molar-refractivity contribution in [3.63, 3.8) is 0 Å². The third kappa shape index (κ3) is 4.00. The Bertz CT molecular complexity index is 1220. The molecule has 0 aliphatic carbocycles. The molecule has 0 saturated heterocycles. The van der Waals surface area contributed by atoms with Crippen molar-refractivity contribution < 1.29 is 9.59 Å². The highest BCUT2D eigenvalue weighted by atomic mass is 35.5. The average molecular weight is 424 g/mol. The Balaban J connectivity index is 1.51. The van der Waals surface area contributed by atoms with Gasteiger partial charge in [0.25, 0.3) is 5.91 Å². The predicted molar refractivity (Wildman–Crippen MR) is 107 cm³/mol. The zero-order valence-corrected chi connectivity index (χ0v) is 16.1. The Hall–Kier alpha value is -4.12. The van der Waals surface area contributed by atoms with E-state index in [-0.39, 0.29) is 23.9 Å². The minimum Gasteiger partial charge on any atom is -0.364 e. The molecule has 0 aliphatic rings. The lowest BCUT2D eigenvalue weighted by molar-refractivity contribution is -0.117. The van der Waals surface area contributed by atoms with Crippen molar-refractivity contribution in [1.29, 1.82) is 0 Å². The Kier molecular flexibility index (Phi) is 5.18. The quantitative estimate of drug-likeness (QED) is 0.475. The number of anilines is 1. The molecule has 0 radical (unpaired) electrons. The van der Waals surface area contributed by atoms with Crippen LogP contribution in [-0.2, 0) is 11.3 Å². The molecule has 2 aromatic heterocycles. The summed E-state index contributed by atoms with van der Waals surface area (Å²) in [5.74, 6) is -1.16. The summed E-state index contributed by atoms with van der Waals surface area (Å²) >= 11 is 6.12. The summed E-state index contributed by atoms with van der Waals surface area (Å²) in [6, 6.07) is 15.9. The molecule has 2 amide bonds. The maximum absolute atomic E-state index is 12.4. The van der Waals surface area contributed by atoms with Gasteiger partial charge in [-0.1, -0.05) is 41.9 Å². The first-order valence-electron chi connectivity index (χ1n) is 8.66. The summed E-state index contributed by atoms with van der Waals surface area (Å²) in [5.41, 5.74) is 6.38. The second-order valence-electron chi connectivity index (χ2n) is 6.06. The van der Waals surface area contributed by atoms with Crippen molar-refractivity contribution in [3.05, 3.63) is 65.3 Å². The minimum atomic E-state index is -0.827. The van der Waals surface area contributed by atoms with Gasteiger partial charge in [0.05, 0.1) is 10.7 Å². The van der Waals surface area contributed by atoms with Crippen LogP contribution in [0.4, 0.5) is 5.82 Å². The molecule has 0 aliphatic heterocycles. The van der Waals surface area contributed by atoms with Gasteiger partial charge in [-0.2, -0.15) is 4.80 Å². The normalized spacial score (nSPS) is 10.7. The molecular weight excluding hydrogens is 410 g/mol. The van der Waals surface area contributed by atoms with Gasteiger partial charge in [0.2, 0.25) is 11.7 Å². The molecule has 4 aromatic rings. The van der Waals surface area contributed by atoms with E-state index in [4.69, 9.17) is 17.3 Å². The molecule has 30 heavy (non-hydrogen) atoms. The van der Waals surface area contributed by atoms with Crippen molar-refractivity contribution in [2.45, 2.75) is 6.54 Å². The van der Waals surface area contributed by atoms with Crippen molar-refractivity contribution >= 4 is 29.2 Å². The van der Waals surface area contributed by atoms with Crippen molar-refractivity contribution in [1.82, 2.24) is 35.2 Å². The smallest absolute Gasteiger partial charge is 0.273 e. The molecule has 11 nitrogen and oxygen atoms in total. The highest BCUT2D eigenvalue weighted by Crippen LogP contribution is 2.23. The number of nitrogens with one attached hydrogen (secondary N) is 1. The summed E-state index contributed by atoms with van der Waals surface area (Å²) < 4.78 is 0. The number of carbonyl (C=O) groups excluding carboxylic acids is 2. The predicted octanol–water partition coefficient (Wildman–Crippen LogP) is 1.31. The lowest BCUT2D eigenvalue weighted by atomic mass is 10.2. The van der Waals surface area contributed by atoms with Gasteiger partial charge in [-0.3, -0.25) is 9.59 Å². The molecule has 0 spiro atoms. The Morgan fingerprint density at radius 1 is 1.00 bits per heavy atom. The molecule has 2 aromatic carbocycles. The highest BCUT2D eigenvalue weighted by molar-refractivity contribution is 6.33. The van der Waals surface area contributed by atoms with E-state index in [9.17, 15) is 9.59 Å². The molecule has 0 fully saturated rings. The number of tetrazole rings is 1. The number of carbonyl (C=O) groups is 2. The van der Waals surface area contributed by atoms with Crippen LogP contribution in [0.2, 0.25) is 5.02 Å². The highest BCUT2D eigenvalue weighted by Gasteiger charge is 2.20. The van der Waals surface area contributed by atoms with E-state index in [0.717, 1.165) is 4.80 Å². The fraction of sp³-hybridized carbons (Fsp3) is 0.0556. The van der Waals surface area contributed by atoms with E-state index in [1.165, 1.54) is 4.80 Å². The lowest BCUT2D eigenvalue weighted by Gasteiger charge is -2.01. The fourth-order valence-electron chi connectivity index (χ4n) is 2.59. The van der Waals surface area contributed by atoms with Crippen LogP contribution in [0.1, 0.15) is 10.5 Å². The van der Waals surface area contributed by atoms with Crippen LogP contribution in [0.5, 0.6) is 0 Å². The summed E-state index contributed by atoms with van der Waals surface area (Å²) in [4.78, 5) is 26.4. The van der Waals surface area contributed by atoms with Crippen molar-refractivity contribution in [2.75, 3.05) is 5.32 Å². The molecular formula is C18H14ClN9O2. The maximum Gasteiger partial charge on any atom is 0.273 e. The van der Waals surface area contributed by atoms with Crippen LogP contribution in [0.3, 0.4) is 0 Å². The number of hydrogen-bond donors (Lipinski definition) is 2. The van der Waals surface area contributed by atoms with Crippen LogP contribution < -0.4 is 11.1 Å². The van der Waals surface area contributed by atoms with Crippen molar-refractivity contribution in [3.8, 4) is 17.1 Å². The third-order valence-corrected chi connectivity index (χ3v) is 4.27. The van der Waals surface area contributed by atoms with Gasteiger partial charge in [0, 0.05) is 5.56 Å². The Morgan fingerprint density at radius 3 is 2.47 bits per heavy atom. The molecule has 4 rings (SSSR count).